The zero-order valence-corrected chi connectivity index (χ0v) is 21.8. The monoisotopic (exact) mass is 471 g/mol. The van der Waals surface area contributed by atoms with Crippen LogP contribution in [0.4, 0.5) is 11.4 Å². The highest BCUT2D eigenvalue weighted by molar-refractivity contribution is 7.92. The van der Waals surface area contributed by atoms with Gasteiger partial charge in [-0.1, -0.05) is 59.7 Å². The van der Waals surface area contributed by atoms with E-state index < -0.39 is 15.4 Å². The summed E-state index contributed by atoms with van der Waals surface area (Å²) in [5.74, 6) is 0.366. The van der Waals surface area contributed by atoms with Gasteiger partial charge < -0.3 is 0 Å². The Hall–Kier alpha value is -2.54. The lowest BCUT2D eigenvalue weighted by molar-refractivity contribution is -0.125. The number of hydrogen-bond acceptors (Lipinski definition) is 4. The van der Waals surface area contributed by atoms with Crippen molar-refractivity contribution in [2.75, 3.05) is 16.3 Å². The highest BCUT2D eigenvalue weighted by atomic mass is 32.2. The van der Waals surface area contributed by atoms with Crippen molar-refractivity contribution in [1.82, 2.24) is 5.43 Å². The van der Waals surface area contributed by atoms with Crippen molar-refractivity contribution < 1.29 is 13.2 Å². The van der Waals surface area contributed by atoms with Gasteiger partial charge in [0, 0.05) is 0 Å². The molecular weight excluding hydrogens is 434 g/mol. The van der Waals surface area contributed by atoms with Gasteiger partial charge in [0.05, 0.1) is 28.2 Å². The van der Waals surface area contributed by atoms with Gasteiger partial charge in [0.25, 0.3) is 10.0 Å². The van der Waals surface area contributed by atoms with Crippen LogP contribution in [0.25, 0.3) is 0 Å². The van der Waals surface area contributed by atoms with Crippen LogP contribution in [-0.4, -0.2) is 20.9 Å². The van der Waals surface area contributed by atoms with Gasteiger partial charge in [0.15, 0.2) is 0 Å². The molecule has 0 atom stereocenters. The molecule has 180 valence electrons. The minimum absolute atomic E-state index is 0.0538. The van der Waals surface area contributed by atoms with Crippen LogP contribution in [0, 0.1) is 5.41 Å². The summed E-state index contributed by atoms with van der Waals surface area (Å²) in [5, 5.41) is 1.76. The molecular formula is C26H37N3O3S. The van der Waals surface area contributed by atoms with Gasteiger partial charge in [-0.05, 0) is 66.5 Å². The largest absolute Gasteiger partial charge is 0.284 e. The average molecular weight is 472 g/mol. The molecule has 0 unspecified atom stereocenters. The number of nitrogens with one attached hydrogen (secondary N) is 2. The fourth-order valence-corrected chi connectivity index (χ4v) is 5.83. The summed E-state index contributed by atoms with van der Waals surface area (Å²) in [4.78, 5) is 12.6. The smallest absolute Gasteiger partial charge is 0.262 e. The number of hydrazine groups is 1. The number of amides is 1. The molecule has 2 N–H and O–H groups in total. The predicted octanol–water partition coefficient (Wildman–Crippen LogP) is 5.74. The zero-order chi connectivity index (χ0) is 24.7. The van der Waals surface area contributed by atoms with E-state index in [-0.39, 0.29) is 17.7 Å². The Morgan fingerprint density at radius 3 is 1.97 bits per heavy atom. The summed E-state index contributed by atoms with van der Waals surface area (Å²) in [7, 11) is -3.84. The number of anilines is 2. The molecule has 3 rings (SSSR count). The van der Waals surface area contributed by atoms with Gasteiger partial charge in [-0.3, -0.25) is 20.0 Å². The average Bonchev–Trinajstić information content (AvgIpc) is 2.99. The van der Waals surface area contributed by atoms with Crippen LogP contribution in [0.15, 0.2) is 41.3 Å². The maximum absolute atomic E-state index is 13.7. The van der Waals surface area contributed by atoms with Crippen molar-refractivity contribution in [3.05, 3.63) is 53.1 Å². The molecule has 2 aromatic carbocycles. The Bertz CT molecular complexity index is 1120. The van der Waals surface area contributed by atoms with Gasteiger partial charge in [0.1, 0.15) is 0 Å². The van der Waals surface area contributed by atoms with Crippen LogP contribution in [0.1, 0.15) is 89.8 Å². The van der Waals surface area contributed by atoms with Crippen molar-refractivity contribution in [1.29, 1.82) is 0 Å². The number of rotatable bonds is 7. The van der Waals surface area contributed by atoms with Crippen LogP contribution in [-0.2, 0) is 14.8 Å². The SMILES string of the molecule is CC(C)c1cc(C(C)C)c(S(=O)(=O)Nc2cccc(N3CC(C)(C)C(=O)N3)c2)c(C(C)C)c1. The Labute approximate surface area is 198 Å². The molecule has 1 amide bonds. The number of carbonyl (C=O) groups excluding carboxylic acids is 1. The Kier molecular flexibility index (Phi) is 6.85. The van der Waals surface area contributed by atoms with Gasteiger partial charge in [-0.25, -0.2) is 8.42 Å². The lowest BCUT2D eigenvalue weighted by Gasteiger charge is -2.24. The third kappa shape index (κ3) is 5.18. The zero-order valence-electron chi connectivity index (χ0n) is 21.0. The second-order valence-corrected chi connectivity index (χ2v) is 12.2. The van der Waals surface area contributed by atoms with E-state index in [4.69, 9.17) is 0 Å². The molecule has 0 radical (unpaired) electrons. The Morgan fingerprint density at radius 2 is 1.52 bits per heavy atom. The van der Waals surface area contributed by atoms with E-state index in [2.05, 4.69) is 24.0 Å². The van der Waals surface area contributed by atoms with E-state index in [0.29, 0.717) is 23.0 Å². The first-order valence-corrected chi connectivity index (χ1v) is 13.1. The molecule has 0 saturated carbocycles. The lowest BCUT2D eigenvalue weighted by Crippen LogP contribution is -2.33. The highest BCUT2D eigenvalue weighted by Crippen LogP contribution is 2.36. The van der Waals surface area contributed by atoms with E-state index in [1.54, 1.807) is 23.2 Å². The van der Waals surface area contributed by atoms with Crippen LogP contribution >= 0.6 is 0 Å². The molecule has 1 aliphatic rings. The molecule has 0 aromatic heterocycles. The van der Waals surface area contributed by atoms with Gasteiger partial charge in [-0.15, -0.1) is 0 Å². The summed E-state index contributed by atoms with van der Waals surface area (Å²) >= 11 is 0. The van der Waals surface area contributed by atoms with Gasteiger partial charge >= 0.3 is 0 Å². The first-order valence-electron chi connectivity index (χ1n) is 11.6. The lowest BCUT2D eigenvalue weighted by atomic mass is 9.89. The Morgan fingerprint density at radius 1 is 0.939 bits per heavy atom. The van der Waals surface area contributed by atoms with E-state index in [1.807, 2.05) is 59.7 Å². The van der Waals surface area contributed by atoms with Crippen molar-refractivity contribution in [3.8, 4) is 0 Å². The van der Waals surface area contributed by atoms with E-state index in [9.17, 15) is 13.2 Å². The maximum atomic E-state index is 13.7. The number of benzene rings is 2. The third-order valence-electron chi connectivity index (χ3n) is 6.16. The molecule has 0 aliphatic carbocycles. The summed E-state index contributed by atoms with van der Waals surface area (Å²) < 4.78 is 30.3. The molecule has 1 heterocycles. The maximum Gasteiger partial charge on any atom is 0.262 e. The molecule has 0 bridgehead atoms. The third-order valence-corrected chi connectivity index (χ3v) is 7.68. The van der Waals surface area contributed by atoms with Crippen LogP contribution in [0.3, 0.4) is 0 Å². The van der Waals surface area contributed by atoms with Crippen molar-refractivity contribution in [2.24, 2.45) is 5.41 Å². The van der Waals surface area contributed by atoms with E-state index >= 15 is 0 Å². The highest BCUT2D eigenvalue weighted by Gasteiger charge is 2.38. The van der Waals surface area contributed by atoms with Crippen LogP contribution < -0.4 is 15.2 Å². The molecule has 2 aromatic rings. The minimum Gasteiger partial charge on any atom is -0.284 e. The van der Waals surface area contributed by atoms with Crippen LogP contribution in [0.2, 0.25) is 0 Å². The minimum atomic E-state index is -3.84. The fraction of sp³-hybridized carbons (Fsp3) is 0.500. The molecule has 6 nitrogen and oxygen atoms in total. The van der Waals surface area contributed by atoms with Crippen LogP contribution in [0.5, 0.6) is 0 Å². The second-order valence-electron chi connectivity index (χ2n) is 10.6. The number of hydrogen-bond donors (Lipinski definition) is 2. The standard InChI is InChI=1S/C26H37N3O3S/c1-16(2)19-12-22(17(3)4)24(23(13-19)18(5)6)33(31,32)28-20-10-9-11-21(14-20)29-15-26(7,8)25(30)27-29/h9-14,16-18,28H,15H2,1-8H3,(H,27,30). The normalized spacial score (nSPS) is 16.1. The second kappa shape index (κ2) is 9.01. The molecule has 7 heteroatoms. The molecule has 1 fully saturated rings. The van der Waals surface area contributed by atoms with Crippen molar-refractivity contribution >= 4 is 27.3 Å². The summed E-state index contributed by atoms with van der Waals surface area (Å²) in [5.41, 5.74) is 6.37. The van der Waals surface area contributed by atoms with Gasteiger partial charge in [-0.2, -0.15) is 0 Å². The number of sulfonamides is 1. The first-order chi connectivity index (χ1) is 15.2. The fourth-order valence-electron chi connectivity index (χ4n) is 4.08. The summed E-state index contributed by atoms with van der Waals surface area (Å²) in [6.07, 6.45) is 0. The van der Waals surface area contributed by atoms with Gasteiger partial charge in [0.2, 0.25) is 5.91 Å². The molecule has 1 saturated heterocycles. The molecule has 0 spiro atoms. The molecule has 33 heavy (non-hydrogen) atoms. The molecule has 1 aliphatic heterocycles. The Balaban J connectivity index is 2.03. The number of nitrogens with zero attached hydrogens (tertiary/aromatic N) is 1. The summed E-state index contributed by atoms with van der Waals surface area (Å²) in [6, 6.07) is 11.2. The summed E-state index contributed by atoms with van der Waals surface area (Å²) in [6.45, 7) is 16.6. The van der Waals surface area contributed by atoms with E-state index in [1.165, 1.54) is 0 Å². The number of carbonyl (C=O) groups is 1. The van der Waals surface area contributed by atoms with E-state index in [0.717, 1.165) is 22.4 Å². The van der Waals surface area contributed by atoms with Crippen molar-refractivity contribution in [3.63, 3.8) is 0 Å². The first kappa shape index (κ1) is 25.1. The topological polar surface area (TPSA) is 78.5 Å². The quantitative estimate of drug-likeness (QED) is 0.540. The van der Waals surface area contributed by atoms with Crippen molar-refractivity contribution in [2.45, 2.75) is 78.0 Å². The predicted molar refractivity (Wildman–Crippen MR) is 135 cm³/mol.